The zero-order chi connectivity index (χ0) is 17.0. The minimum Gasteiger partial charge on any atom is -0.478 e. The monoisotopic (exact) mass is 313 g/mol. The summed E-state index contributed by atoms with van der Waals surface area (Å²) >= 11 is 0. The molecule has 23 heavy (non-hydrogen) atoms. The quantitative estimate of drug-likeness (QED) is 0.669. The van der Waals surface area contributed by atoms with Crippen molar-refractivity contribution >= 4 is 23.5 Å². The van der Waals surface area contributed by atoms with E-state index in [4.69, 9.17) is 9.84 Å². The maximum Gasteiger partial charge on any atom is 0.335 e. The van der Waals surface area contributed by atoms with E-state index in [1.54, 1.807) is 31.2 Å². The molecule has 0 fully saturated rings. The van der Waals surface area contributed by atoms with Gasteiger partial charge in [0.25, 0.3) is 5.91 Å². The summed E-state index contributed by atoms with van der Waals surface area (Å²) in [5, 5.41) is 11.7. The Morgan fingerprint density at radius 2 is 1.78 bits per heavy atom. The fraction of sp³-hybridized carbons (Fsp3) is 0.118. The Labute approximate surface area is 132 Å². The van der Waals surface area contributed by atoms with Gasteiger partial charge in [0.1, 0.15) is 5.75 Å². The van der Waals surface area contributed by atoms with Crippen LogP contribution in [0.2, 0.25) is 0 Å². The largest absolute Gasteiger partial charge is 0.478 e. The zero-order valence-corrected chi connectivity index (χ0v) is 12.6. The number of carbonyl (C=O) groups excluding carboxylic acids is 2. The van der Waals surface area contributed by atoms with Crippen molar-refractivity contribution in [2.24, 2.45) is 0 Å². The van der Waals surface area contributed by atoms with E-state index in [1.807, 2.05) is 0 Å². The molecule has 2 aromatic rings. The SMILES string of the molecule is CC(=O)Oc1cccc(C(=O)Nc2cc(C(=O)O)ccc2C)c1. The van der Waals surface area contributed by atoms with E-state index in [0.29, 0.717) is 11.3 Å². The second-order valence-electron chi connectivity index (χ2n) is 4.91. The molecule has 0 aliphatic heterocycles. The molecule has 0 spiro atoms. The summed E-state index contributed by atoms with van der Waals surface area (Å²) in [6.45, 7) is 3.03. The van der Waals surface area contributed by atoms with Crippen LogP contribution in [0.5, 0.6) is 5.75 Å². The number of carboxylic acid groups (broad SMARTS) is 1. The molecule has 0 unspecified atom stereocenters. The van der Waals surface area contributed by atoms with Crippen LogP contribution in [0.25, 0.3) is 0 Å². The average molecular weight is 313 g/mol. The molecule has 0 bridgehead atoms. The first kappa shape index (κ1) is 16.2. The van der Waals surface area contributed by atoms with Gasteiger partial charge in [-0.3, -0.25) is 9.59 Å². The number of aryl methyl sites for hydroxylation is 1. The number of nitrogens with one attached hydrogen (secondary N) is 1. The predicted octanol–water partition coefficient (Wildman–Crippen LogP) is 2.87. The standard InChI is InChI=1S/C17H15NO5/c1-10-6-7-13(17(21)22)9-15(10)18-16(20)12-4-3-5-14(8-12)23-11(2)19/h3-9H,1-2H3,(H,18,20)(H,21,22). The third-order valence-corrected chi connectivity index (χ3v) is 3.09. The van der Waals surface area contributed by atoms with Crippen molar-refractivity contribution in [3.8, 4) is 5.75 Å². The molecule has 0 aliphatic rings. The van der Waals surface area contributed by atoms with Gasteiger partial charge < -0.3 is 15.2 Å². The van der Waals surface area contributed by atoms with E-state index in [0.717, 1.165) is 5.56 Å². The molecule has 2 N–H and O–H groups in total. The van der Waals surface area contributed by atoms with Crippen molar-refractivity contribution in [1.29, 1.82) is 0 Å². The first-order valence-corrected chi connectivity index (χ1v) is 6.80. The maximum atomic E-state index is 12.3. The Morgan fingerprint density at radius 1 is 1.04 bits per heavy atom. The third-order valence-electron chi connectivity index (χ3n) is 3.09. The van der Waals surface area contributed by atoms with E-state index in [-0.39, 0.29) is 11.3 Å². The highest BCUT2D eigenvalue weighted by molar-refractivity contribution is 6.05. The number of benzene rings is 2. The molecule has 0 aromatic heterocycles. The lowest BCUT2D eigenvalue weighted by Gasteiger charge is -2.10. The van der Waals surface area contributed by atoms with Crippen LogP contribution >= 0.6 is 0 Å². The Bertz CT molecular complexity index is 782. The Balaban J connectivity index is 2.24. The smallest absolute Gasteiger partial charge is 0.335 e. The maximum absolute atomic E-state index is 12.3. The first-order valence-electron chi connectivity index (χ1n) is 6.80. The number of amides is 1. The molecule has 1 amide bonds. The van der Waals surface area contributed by atoms with E-state index >= 15 is 0 Å². The molecule has 0 saturated heterocycles. The van der Waals surface area contributed by atoms with Gasteiger partial charge in [0.15, 0.2) is 0 Å². The van der Waals surface area contributed by atoms with Crippen molar-refractivity contribution in [2.75, 3.05) is 5.32 Å². The van der Waals surface area contributed by atoms with Gasteiger partial charge in [-0.2, -0.15) is 0 Å². The van der Waals surface area contributed by atoms with Crippen LogP contribution in [-0.4, -0.2) is 23.0 Å². The number of hydrogen-bond acceptors (Lipinski definition) is 4. The normalized spacial score (nSPS) is 10.0. The Hall–Kier alpha value is -3.15. The zero-order valence-electron chi connectivity index (χ0n) is 12.6. The van der Waals surface area contributed by atoms with Crippen LogP contribution in [0, 0.1) is 6.92 Å². The van der Waals surface area contributed by atoms with E-state index in [9.17, 15) is 14.4 Å². The van der Waals surface area contributed by atoms with Gasteiger partial charge in [-0.1, -0.05) is 12.1 Å². The third kappa shape index (κ3) is 4.16. The molecule has 0 aliphatic carbocycles. The predicted molar refractivity (Wildman–Crippen MR) is 83.8 cm³/mol. The minimum absolute atomic E-state index is 0.0829. The number of anilines is 1. The number of hydrogen-bond donors (Lipinski definition) is 2. The van der Waals surface area contributed by atoms with Crippen LogP contribution < -0.4 is 10.1 Å². The van der Waals surface area contributed by atoms with Crippen LogP contribution in [0.1, 0.15) is 33.2 Å². The van der Waals surface area contributed by atoms with Crippen molar-refractivity contribution in [1.82, 2.24) is 0 Å². The van der Waals surface area contributed by atoms with Gasteiger partial charge in [-0.25, -0.2) is 4.79 Å². The summed E-state index contributed by atoms with van der Waals surface area (Å²) in [6.07, 6.45) is 0. The van der Waals surface area contributed by atoms with Crippen molar-refractivity contribution in [2.45, 2.75) is 13.8 Å². The van der Waals surface area contributed by atoms with Crippen LogP contribution in [0.15, 0.2) is 42.5 Å². The summed E-state index contributed by atoms with van der Waals surface area (Å²) < 4.78 is 4.93. The van der Waals surface area contributed by atoms with Crippen LogP contribution in [0.4, 0.5) is 5.69 Å². The fourth-order valence-corrected chi connectivity index (χ4v) is 1.95. The topological polar surface area (TPSA) is 92.7 Å². The average Bonchev–Trinajstić information content (AvgIpc) is 2.48. The number of esters is 1. The molecule has 0 atom stereocenters. The van der Waals surface area contributed by atoms with Crippen molar-refractivity contribution < 1.29 is 24.2 Å². The molecule has 0 saturated carbocycles. The van der Waals surface area contributed by atoms with Gasteiger partial charge in [-0.05, 0) is 42.8 Å². The van der Waals surface area contributed by atoms with Gasteiger partial charge in [0.2, 0.25) is 0 Å². The summed E-state index contributed by atoms with van der Waals surface area (Å²) in [7, 11) is 0. The lowest BCUT2D eigenvalue weighted by molar-refractivity contribution is -0.131. The molecular formula is C17H15NO5. The molecular weight excluding hydrogens is 298 g/mol. The van der Waals surface area contributed by atoms with Crippen molar-refractivity contribution in [3.05, 3.63) is 59.2 Å². The van der Waals surface area contributed by atoms with Crippen LogP contribution in [-0.2, 0) is 4.79 Å². The second kappa shape index (κ2) is 6.74. The summed E-state index contributed by atoms with van der Waals surface area (Å²) in [6, 6.07) is 10.6. The fourth-order valence-electron chi connectivity index (χ4n) is 1.95. The van der Waals surface area contributed by atoms with Gasteiger partial charge in [0, 0.05) is 18.2 Å². The lowest BCUT2D eigenvalue weighted by atomic mass is 10.1. The van der Waals surface area contributed by atoms with Gasteiger partial charge in [-0.15, -0.1) is 0 Å². The minimum atomic E-state index is -1.07. The highest BCUT2D eigenvalue weighted by Gasteiger charge is 2.12. The summed E-state index contributed by atoms with van der Waals surface area (Å²) in [5.41, 5.74) is 1.52. The number of carbonyl (C=O) groups is 3. The highest BCUT2D eigenvalue weighted by atomic mass is 16.5. The van der Waals surface area contributed by atoms with E-state index in [2.05, 4.69) is 5.32 Å². The molecule has 6 nitrogen and oxygen atoms in total. The number of carboxylic acids is 1. The Kier molecular flexibility index (Phi) is 4.75. The van der Waals surface area contributed by atoms with Gasteiger partial charge in [0.05, 0.1) is 5.56 Å². The molecule has 0 radical (unpaired) electrons. The summed E-state index contributed by atoms with van der Waals surface area (Å²) in [5.74, 6) is -1.71. The highest BCUT2D eigenvalue weighted by Crippen LogP contribution is 2.19. The van der Waals surface area contributed by atoms with E-state index < -0.39 is 17.8 Å². The molecule has 2 rings (SSSR count). The number of aromatic carboxylic acids is 1. The molecule has 0 heterocycles. The number of rotatable bonds is 4. The number of ether oxygens (including phenoxy) is 1. The second-order valence-corrected chi connectivity index (χ2v) is 4.91. The van der Waals surface area contributed by atoms with Gasteiger partial charge >= 0.3 is 11.9 Å². The first-order chi connectivity index (χ1) is 10.9. The van der Waals surface area contributed by atoms with Crippen LogP contribution in [0.3, 0.4) is 0 Å². The molecule has 6 heteroatoms. The molecule has 2 aromatic carbocycles. The Morgan fingerprint density at radius 3 is 2.43 bits per heavy atom. The van der Waals surface area contributed by atoms with Crippen molar-refractivity contribution in [3.63, 3.8) is 0 Å². The summed E-state index contributed by atoms with van der Waals surface area (Å²) in [4.78, 5) is 34.2. The lowest BCUT2D eigenvalue weighted by Crippen LogP contribution is -2.14. The van der Waals surface area contributed by atoms with E-state index in [1.165, 1.54) is 25.1 Å². The molecule has 118 valence electrons.